The Hall–Kier alpha value is -3.19. The predicted octanol–water partition coefficient (Wildman–Crippen LogP) is 4.23. The summed E-state index contributed by atoms with van der Waals surface area (Å²) < 4.78 is 7.26. The van der Waals surface area contributed by atoms with E-state index in [0.29, 0.717) is 11.3 Å². The summed E-state index contributed by atoms with van der Waals surface area (Å²) in [6.07, 6.45) is 0.848. The quantitative estimate of drug-likeness (QED) is 0.532. The van der Waals surface area contributed by atoms with E-state index in [4.69, 9.17) is 15.2 Å². The summed E-state index contributed by atoms with van der Waals surface area (Å²) in [6, 6.07) is 13.9. The van der Waals surface area contributed by atoms with Gasteiger partial charge < -0.3 is 14.8 Å². The Morgan fingerprint density at radius 1 is 1.18 bits per heavy atom. The van der Waals surface area contributed by atoms with E-state index in [-0.39, 0.29) is 0 Å². The zero-order valence-corrected chi connectivity index (χ0v) is 16.5. The zero-order chi connectivity index (χ0) is 19.7. The molecule has 0 unspecified atom stereocenters. The molecule has 0 bridgehead atoms. The van der Waals surface area contributed by atoms with E-state index in [9.17, 15) is 4.79 Å². The molecule has 1 aromatic carbocycles. The smallest absolute Gasteiger partial charge is 0.250 e. The molecule has 0 saturated carbocycles. The third kappa shape index (κ3) is 3.48. The van der Waals surface area contributed by atoms with Crippen LogP contribution >= 0.6 is 11.3 Å². The van der Waals surface area contributed by atoms with E-state index in [0.717, 1.165) is 40.8 Å². The molecule has 0 aliphatic heterocycles. The van der Waals surface area contributed by atoms with Gasteiger partial charge in [0, 0.05) is 23.7 Å². The van der Waals surface area contributed by atoms with E-state index >= 15 is 0 Å². The number of amides is 1. The second-order valence-electron chi connectivity index (χ2n) is 6.64. The van der Waals surface area contributed by atoms with Gasteiger partial charge in [0.2, 0.25) is 0 Å². The summed E-state index contributed by atoms with van der Waals surface area (Å²) in [6.45, 7) is 4.50. The van der Waals surface area contributed by atoms with Crippen molar-refractivity contribution in [2.45, 2.75) is 26.8 Å². The Kier molecular flexibility index (Phi) is 4.83. The van der Waals surface area contributed by atoms with Gasteiger partial charge in [-0.2, -0.15) is 0 Å². The van der Waals surface area contributed by atoms with Gasteiger partial charge in [-0.3, -0.25) is 4.79 Å². The summed E-state index contributed by atoms with van der Waals surface area (Å²) in [4.78, 5) is 16.6. The molecule has 2 N–H and O–H groups in total. The Balaban J connectivity index is 1.70. The first kappa shape index (κ1) is 18.2. The lowest BCUT2D eigenvalue weighted by Gasteiger charge is -2.11. The summed E-state index contributed by atoms with van der Waals surface area (Å²) in [5.41, 5.74) is 10.6. The first-order valence-electron chi connectivity index (χ1n) is 8.96. The number of aryl methyl sites for hydroxylation is 2. The Morgan fingerprint density at radius 2 is 1.96 bits per heavy atom. The molecule has 0 saturated heterocycles. The van der Waals surface area contributed by atoms with Gasteiger partial charge in [-0.25, -0.2) is 4.98 Å². The van der Waals surface area contributed by atoms with Crippen molar-refractivity contribution in [3.63, 3.8) is 0 Å². The van der Waals surface area contributed by atoms with Crippen molar-refractivity contribution in [3.8, 4) is 22.1 Å². The van der Waals surface area contributed by atoms with Crippen molar-refractivity contribution in [1.29, 1.82) is 0 Å². The topological polar surface area (TPSA) is 86.9 Å². The monoisotopic (exact) mass is 392 g/mol. The van der Waals surface area contributed by atoms with Crippen LogP contribution < -0.4 is 5.73 Å². The summed E-state index contributed by atoms with van der Waals surface area (Å²) in [7, 11) is 0. The number of nitrogens with zero attached hydrogens (tertiary/aromatic N) is 3. The Bertz CT molecular complexity index is 1120. The van der Waals surface area contributed by atoms with Gasteiger partial charge in [0.15, 0.2) is 0 Å². The number of thiazole rings is 1. The molecule has 6 nitrogen and oxygen atoms in total. The van der Waals surface area contributed by atoms with Crippen LogP contribution in [0.3, 0.4) is 0 Å². The van der Waals surface area contributed by atoms with Gasteiger partial charge in [-0.1, -0.05) is 35.5 Å². The lowest BCUT2D eigenvalue weighted by atomic mass is 10.1. The number of aromatic nitrogens is 3. The minimum Gasteiger partial charge on any atom is -0.366 e. The molecule has 0 fully saturated rings. The molecule has 0 radical (unpaired) electrons. The third-order valence-electron chi connectivity index (χ3n) is 4.71. The van der Waals surface area contributed by atoms with Gasteiger partial charge in [0.05, 0.1) is 17.0 Å². The second kappa shape index (κ2) is 7.44. The summed E-state index contributed by atoms with van der Waals surface area (Å²) in [5.74, 6) is 0.310. The van der Waals surface area contributed by atoms with E-state index in [1.54, 1.807) is 0 Å². The molecule has 1 amide bonds. The predicted molar refractivity (Wildman–Crippen MR) is 109 cm³/mol. The van der Waals surface area contributed by atoms with E-state index in [2.05, 4.69) is 21.9 Å². The zero-order valence-electron chi connectivity index (χ0n) is 15.7. The van der Waals surface area contributed by atoms with Gasteiger partial charge in [0.1, 0.15) is 16.5 Å². The molecular formula is C21H20N4O2S. The van der Waals surface area contributed by atoms with Crippen molar-refractivity contribution in [3.05, 3.63) is 70.4 Å². The van der Waals surface area contributed by atoms with Gasteiger partial charge in [-0.05, 0) is 31.9 Å². The number of benzene rings is 1. The van der Waals surface area contributed by atoms with Crippen LogP contribution in [-0.2, 0) is 13.0 Å². The number of nitrogens with two attached hydrogens (primary N) is 1. The highest BCUT2D eigenvalue weighted by Gasteiger charge is 2.19. The fourth-order valence-electron chi connectivity index (χ4n) is 3.26. The number of hydrogen-bond acceptors (Lipinski definition) is 5. The fraction of sp³-hybridized carbons (Fsp3) is 0.190. The number of primary amides is 1. The summed E-state index contributed by atoms with van der Waals surface area (Å²) in [5, 5.41) is 6.78. The van der Waals surface area contributed by atoms with Crippen LogP contribution in [0.5, 0.6) is 0 Å². The number of hydrogen-bond donors (Lipinski definition) is 1. The maximum atomic E-state index is 11.9. The molecule has 3 aromatic heterocycles. The van der Waals surface area contributed by atoms with Crippen molar-refractivity contribution < 1.29 is 9.32 Å². The summed E-state index contributed by atoms with van der Waals surface area (Å²) >= 11 is 1.49. The molecule has 28 heavy (non-hydrogen) atoms. The highest BCUT2D eigenvalue weighted by Crippen LogP contribution is 2.31. The van der Waals surface area contributed by atoms with Crippen molar-refractivity contribution in [2.24, 2.45) is 5.73 Å². The standard InChI is InChI=1S/C21H20N4O2S/c1-13-10-17(24-27-13)21-23-18(12-28-21)19-11-16(20(22)26)14(2)25(19)9-8-15-6-4-3-5-7-15/h3-7,10-12H,8-9H2,1-2H3,(H2,22,26). The highest BCUT2D eigenvalue weighted by atomic mass is 32.1. The van der Waals surface area contributed by atoms with Gasteiger partial charge in [0.25, 0.3) is 5.91 Å². The first-order chi connectivity index (χ1) is 13.5. The van der Waals surface area contributed by atoms with Crippen molar-refractivity contribution in [2.75, 3.05) is 0 Å². The largest absolute Gasteiger partial charge is 0.366 e. The molecular weight excluding hydrogens is 372 g/mol. The molecule has 7 heteroatoms. The average Bonchev–Trinajstić information content (AvgIpc) is 3.39. The van der Waals surface area contributed by atoms with Gasteiger partial charge >= 0.3 is 0 Å². The molecule has 4 aromatic rings. The van der Waals surface area contributed by atoms with Crippen LogP contribution in [0.4, 0.5) is 0 Å². The maximum absolute atomic E-state index is 11.9. The number of carbonyl (C=O) groups is 1. The van der Waals surface area contributed by atoms with Crippen molar-refractivity contribution in [1.82, 2.24) is 14.7 Å². The second-order valence-corrected chi connectivity index (χ2v) is 7.50. The van der Waals surface area contributed by atoms with Crippen LogP contribution in [0.25, 0.3) is 22.1 Å². The van der Waals surface area contributed by atoms with Crippen LogP contribution in [-0.4, -0.2) is 20.6 Å². The fourth-order valence-corrected chi connectivity index (χ4v) is 4.02. The van der Waals surface area contributed by atoms with E-state index < -0.39 is 5.91 Å². The van der Waals surface area contributed by atoms with Gasteiger partial charge in [-0.15, -0.1) is 11.3 Å². The minimum absolute atomic E-state index is 0.431. The molecule has 0 spiro atoms. The minimum atomic E-state index is -0.431. The molecule has 0 atom stereocenters. The van der Waals surface area contributed by atoms with E-state index in [1.807, 2.05) is 49.6 Å². The first-order valence-corrected chi connectivity index (χ1v) is 9.84. The lowest BCUT2D eigenvalue weighted by molar-refractivity contribution is 0.0999. The van der Waals surface area contributed by atoms with Crippen LogP contribution in [0, 0.1) is 13.8 Å². The van der Waals surface area contributed by atoms with Crippen LogP contribution in [0.2, 0.25) is 0 Å². The van der Waals surface area contributed by atoms with Crippen LogP contribution in [0.1, 0.15) is 27.4 Å². The molecule has 3 heterocycles. The average molecular weight is 392 g/mol. The van der Waals surface area contributed by atoms with Crippen LogP contribution in [0.15, 0.2) is 52.4 Å². The maximum Gasteiger partial charge on any atom is 0.250 e. The van der Waals surface area contributed by atoms with E-state index in [1.165, 1.54) is 16.9 Å². The number of rotatable bonds is 6. The highest BCUT2D eigenvalue weighted by molar-refractivity contribution is 7.13. The molecule has 142 valence electrons. The molecule has 0 aliphatic carbocycles. The lowest BCUT2D eigenvalue weighted by Crippen LogP contribution is -2.13. The molecule has 0 aliphatic rings. The Morgan fingerprint density at radius 3 is 2.64 bits per heavy atom. The third-order valence-corrected chi connectivity index (χ3v) is 5.58. The van der Waals surface area contributed by atoms with Crippen molar-refractivity contribution >= 4 is 17.2 Å². The molecule has 4 rings (SSSR count). The number of carbonyl (C=O) groups excluding carboxylic acids is 1. The normalized spacial score (nSPS) is 11.1. The SMILES string of the molecule is Cc1cc(-c2nc(-c3cc(C(N)=O)c(C)n3CCc3ccccc3)cs2)no1. The Labute approximate surface area is 166 Å².